The molecular weight excluding hydrogens is 341 g/mol. The maximum absolute atomic E-state index is 4.48. The van der Waals surface area contributed by atoms with Crippen molar-refractivity contribution < 1.29 is 0 Å². The average Bonchev–Trinajstić information content (AvgIpc) is 2.78. The summed E-state index contributed by atoms with van der Waals surface area (Å²) in [7, 11) is 0. The molecule has 0 saturated carbocycles. The van der Waals surface area contributed by atoms with E-state index >= 15 is 0 Å². The van der Waals surface area contributed by atoms with Gasteiger partial charge in [-0.15, -0.1) is 0 Å². The second kappa shape index (κ2) is 6.24. The Labute approximate surface area is 120 Å². The van der Waals surface area contributed by atoms with Gasteiger partial charge in [-0.05, 0) is 42.5 Å². The summed E-state index contributed by atoms with van der Waals surface area (Å²) in [5, 5.41) is 7.67. The molecule has 5 nitrogen and oxygen atoms in total. The quantitative estimate of drug-likeness (QED) is 0.658. The van der Waals surface area contributed by atoms with Crippen molar-refractivity contribution in [2.45, 2.75) is 26.8 Å². The van der Waals surface area contributed by atoms with Gasteiger partial charge in [0.15, 0.2) is 5.82 Å². The van der Waals surface area contributed by atoms with Crippen molar-refractivity contribution in [3.63, 3.8) is 0 Å². The predicted octanol–water partition coefficient (Wildman–Crippen LogP) is 2.07. The van der Waals surface area contributed by atoms with Crippen molar-refractivity contribution in [2.75, 3.05) is 6.54 Å². The molecule has 2 aromatic heterocycles. The summed E-state index contributed by atoms with van der Waals surface area (Å²) in [6, 6.07) is 0. The fraction of sp³-hybridized carbons (Fsp3) is 0.417. The molecule has 0 amide bonds. The lowest BCUT2D eigenvalue weighted by molar-refractivity contribution is 0.662. The molecule has 2 rings (SSSR count). The van der Waals surface area contributed by atoms with Gasteiger partial charge in [-0.2, -0.15) is 5.10 Å². The summed E-state index contributed by atoms with van der Waals surface area (Å²) < 4.78 is 2.90. The highest BCUT2D eigenvalue weighted by Gasteiger charge is 2.08. The SMILES string of the molecule is CCCNCc1cnc(C)nc1-n1cc(I)cn1. The van der Waals surface area contributed by atoms with E-state index in [1.54, 1.807) is 4.68 Å². The largest absolute Gasteiger partial charge is 0.312 e. The third-order valence-corrected chi connectivity index (χ3v) is 3.03. The standard InChI is InChI=1S/C12H16IN5/c1-3-4-14-5-10-6-15-9(2)17-12(10)18-8-11(13)7-16-18/h6-8,14H,3-5H2,1-2H3. The van der Waals surface area contributed by atoms with Gasteiger partial charge >= 0.3 is 0 Å². The summed E-state index contributed by atoms with van der Waals surface area (Å²) >= 11 is 2.24. The first-order valence-corrected chi connectivity index (χ1v) is 7.02. The molecule has 0 radical (unpaired) electrons. The number of rotatable bonds is 5. The molecule has 2 aromatic rings. The van der Waals surface area contributed by atoms with Crippen LogP contribution in [0.5, 0.6) is 0 Å². The van der Waals surface area contributed by atoms with Crippen LogP contribution >= 0.6 is 22.6 Å². The van der Waals surface area contributed by atoms with Gasteiger partial charge in [0.25, 0.3) is 0 Å². The number of hydrogen-bond acceptors (Lipinski definition) is 4. The zero-order valence-electron chi connectivity index (χ0n) is 10.5. The van der Waals surface area contributed by atoms with Gasteiger partial charge < -0.3 is 5.32 Å². The Morgan fingerprint density at radius 2 is 2.22 bits per heavy atom. The van der Waals surface area contributed by atoms with Crippen LogP contribution in [0, 0.1) is 10.5 Å². The van der Waals surface area contributed by atoms with E-state index in [2.05, 4.69) is 49.9 Å². The molecule has 6 heteroatoms. The molecule has 0 bridgehead atoms. The van der Waals surface area contributed by atoms with Crippen molar-refractivity contribution in [1.82, 2.24) is 25.1 Å². The second-order valence-electron chi connectivity index (χ2n) is 4.05. The van der Waals surface area contributed by atoms with Crippen LogP contribution in [0.1, 0.15) is 24.7 Å². The summed E-state index contributed by atoms with van der Waals surface area (Å²) in [6.45, 7) is 5.79. The minimum Gasteiger partial charge on any atom is -0.312 e. The molecule has 0 aliphatic heterocycles. The molecule has 0 spiro atoms. The molecule has 0 atom stereocenters. The van der Waals surface area contributed by atoms with Gasteiger partial charge in [0.2, 0.25) is 0 Å². The van der Waals surface area contributed by atoms with Crippen LogP contribution in [-0.2, 0) is 6.54 Å². The molecule has 0 unspecified atom stereocenters. The summed E-state index contributed by atoms with van der Waals surface area (Å²) in [6.07, 6.45) is 6.77. The van der Waals surface area contributed by atoms with Gasteiger partial charge in [0.05, 0.1) is 9.77 Å². The Morgan fingerprint density at radius 3 is 2.89 bits per heavy atom. The van der Waals surface area contributed by atoms with Crippen molar-refractivity contribution in [2.24, 2.45) is 0 Å². The van der Waals surface area contributed by atoms with Crippen LogP contribution < -0.4 is 5.32 Å². The third-order valence-electron chi connectivity index (χ3n) is 2.47. The lowest BCUT2D eigenvalue weighted by atomic mass is 10.3. The first kappa shape index (κ1) is 13.4. The lowest BCUT2D eigenvalue weighted by Crippen LogP contribution is -2.17. The zero-order chi connectivity index (χ0) is 13.0. The molecule has 0 saturated heterocycles. The van der Waals surface area contributed by atoms with Gasteiger partial charge in [-0.25, -0.2) is 14.6 Å². The summed E-state index contributed by atoms with van der Waals surface area (Å²) in [5.74, 6) is 1.61. The van der Waals surface area contributed by atoms with E-state index in [0.29, 0.717) is 0 Å². The van der Waals surface area contributed by atoms with E-state index < -0.39 is 0 Å². The second-order valence-corrected chi connectivity index (χ2v) is 5.29. The zero-order valence-corrected chi connectivity index (χ0v) is 12.7. The van der Waals surface area contributed by atoms with E-state index in [1.165, 1.54) is 0 Å². The van der Waals surface area contributed by atoms with Crippen molar-refractivity contribution >= 4 is 22.6 Å². The third kappa shape index (κ3) is 3.26. The van der Waals surface area contributed by atoms with Gasteiger partial charge in [0.1, 0.15) is 5.82 Å². The fourth-order valence-corrected chi connectivity index (χ4v) is 2.01. The van der Waals surface area contributed by atoms with Crippen LogP contribution in [0.2, 0.25) is 0 Å². The normalized spacial score (nSPS) is 10.8. The highest BCUT2D eigenvalue weighted by atomic mass is 127. The minimum absolute atomic E-state index is 0.759. The van der Waals surface area contributed by atoms with Crippen LogP contribution in [0.15, 0.2) is 18.6 Å². The molecule has 0 aliphatic carbocycles. The van der Waals surface area contributed by atoms with E-state index in [9.17, 15) is 0 Å². The Kier molecular flexibility index (Phi) is 4.65. The number of nitrogens with one attached hydrogen (secondary N) is 1. The van der Waals surface area contributed by atoms with Gasteiger partial charge in [0, 0.05) is 24.5 Å². The number of aromatic nitrogens is 4. The lowest BCUT2D eigenvalue weighted by Gasteiger charge is -2.09. The highest BCUT2D eigenvalue weighted by Crippen LogP contribution is 2.12. The maximum Gasteiger partial charge on any atom is 0.161 e. The van der Waals surface area contributed by atoms with E-state index in [1.807, 2.05) is 25.5 Å². The molecule has 0 fully saturated rings. The Hall–Kier alpha value is -1.02. The maximum atomic E-state index is 4.48. The van der Waals surface area contributed by atoms with E-state index in [0.717, 1.165) is 40.3 Å². The Bertz CT molecular complexity index is 523. The molecule has 0 aromatic carbocycles. The molecule has 18 heavy (non-hydrogen) atoms. The van der Waals surface area contributed by atoms with Gasteiger partial charge in [-0.1, -0.05) is 6.92 Å². The average molecular weight is 357 g/mol. The van der Waals surface area contributed by atoms with Crippen LogP contribution in [0.3, 0.4) is 0 Å². The van der Waals surface area contributed by atoms with Crippen molar-refractivity contribution in [3.8, 4) is 5.82 Å². The summed E-state index contributed by atoms with van der Waals surface area (Å²) in [4.78, 5) is 8.74. The molecular formula is C12H16IN5. The Morgan fingerprint density at radius 1 is 1.39 bits per heavy atom. The molecule has 1 N–H and O–H groups in total. The van der Waals surface area contributed by atoms with Crippen LogP contribution in [0.25, 0.3) is 5.82 Å². The Balaban J connectivity index is 2.29. The topological polar surface area (TPSA) is 55.6 Å². The van der Waals surface area contributed by atoms with Crippen LogP contribution in [0.4, 0.5) is 0 Å². The molecule has 2 heterocycles. The summed E-state index contributed by atoms with van der Waals surface area (Å²) in [5.41, 5.74) is 1.06. The first-order valence-electron chi connectivity index (χ1n) is 5.94. The number of nitrogens with zero attached hydrogens (tertiary/aromatic N) is 4. The minimum atomic E-state index is 0.759. The number of hydrogen-bond donors (Lipinski definition) is 1. The highest BCUT2D eigenvalue weighted by molar-refractivity contribution is 14.1. The van der Waals surface area contributed by atoms with E-state index in [4.69, 9.17) is 0 Å². The number of halogens is 1. The monoisotopic (exact) mass is 357 g/mol. The van der Waals surface area contributed by atoms with Crippen molar-refractivity contribution in [3.05, 3.63) is 33.5 Å². The molecule has 96 valence electrons. The smallest absolute Gasteiger partial charge is 0.161 e. The van der Waals surface area contributed by atoms with Gasteiger partial charge in [-0.3, -0.25) is 0 Å². The van der Waals surface area contributed by atoms with Crippen LogP contribution in [-0.4, -0.2) is 26.3 Å². The fourth-order valence-electron chi connectivity index (χ4n) is 1.62. The molecule has 0 aliphatic rings. The van der Waals surface area contributed by atoms with E-state index in [-0.39, 0.29) is 0 Å². The number of aryl methyl sites for hydroxylation is 1. The predicted molar refractivity (Wildman–Crippen MR) is 78.6 cm³/mol. The van der Waals surface area contributed by atoms with Crippen molar-refractivity contribution in [1.29, 1.82) is 0 Å². The first-order chi connectivity index (χ1) is 8.70.